The Hall–Kier alpha value is -0.400. The van der Waals surface area contributed by atoms with Crippen LogP contribution in [0.5, 0.6) is 0 Å². The molecular formula is C22H42F6NOPS. The minimum absolute atomic E-state index is 0.264. The molecule has 1 aromatic rings. The van der Waals surface area contributed by atoms with Crippen LogP contribution in [0.1, 0.15) is 107 Å². The molecule has 2 nitrogen and oxygen atoms in total. The van der Waals surface area contributed by atoms with Crippen molar-refractivity contribution in [3.63, 3.8) is 0 Å². The second-order valence-corrected chi connectivity index (χ2v) is 11.3. The van der Waals surface area contributed by atoms with Crippen molar-refractivity contribution in [3.8, 4) is 0 Å². The molecule has 0 atom stereocenters. The van der Waals surface area contributed by atoms with Crippen LogP contribution in [-0.2, 0) is 13.0 Å². The maximum atomic E-state index is 9.87. The van der Waals surface area contributed by atoms with Gasteiger partial charge in [-0.25, -0.2) is 0 Å². The molecule has 0 saturated heterocycles. The van der Waals surface area contributed by atoms with Crippen LogP contribution in [0.25, 0.3) is 0 Å². The van der Waals surface area contributed by atoms with Crippen molar-refractivity contribution in [1.29, 1.82) is 0 Å². The predicted molar refractivity (Wildman–Crippen MR) is 124 cm³/mol. The first-order chi connectivity index (χ1) is 14.7. The Morgan fingerprint density at radius 3 is 1.50 bits per heavy atom. The maximum absolute atomic E-state index is 10.7. The molecule has 0 fully saturated rings. The summed E-state index contributed by atoms with van der Waals surface area (Å²) in [5.41, 5.74) is 3.58. The summed E-state index contributed by atoms with van der Waals surface area (Å²) in [6.45, 7) is 5.88. The van der Waals surface area contributed by atoms with Gasteiger partial charge in [-0.3, -0.25) is 0 Å². The molecule has 10 heteroatoms. The summed E-state index contributed by atoms with van der Waals surface area (Å²) in [5.74, 6) is 0. The molecule has 194 valence electrons. The molecule has 0 aliphatic heterocycles. The number of unbranched alkanes of at least 4 members (excludes halogenated alkanes) is 13. The number of aryl methyl sites for hydroxylation is 1. The van der Waals surface area contributed by atoms with Gasteiger partial charge in [0.15, 0.2) is 5.69 Å². The molecule has 0 saturated carbocycles. The average Bonchev–Trinajstić information content (AvgIpc) is 3.00. The Morgan fingerprint density at radius 1 is 0.750 bits per heavy atom. The minimum atomic E-state index is -10.7. The second kappa shape index (κ2) is 14.8. The fraction of sp³-hybridized carbons (Fsp3) is 0.864. The molecule has 1 rings (SSSR count). The van der Waals surface area contributed by atoms with Crippen molar-refractivity contribution in [3.05, 3.63) is 16.1 Å². The van der Waals surface area contributed by atoms with E-state index in [0.717, 1.165) is 13.0 Å². The van der Waals surface area contributed by atoms with Gasteiger partial charge in [-0.05, 0) is 6.42 Å². The first-order valence-corrected chi connectivity index (χ1v) is 14.8. The van der Waals surface area contributed by atoms with Crippen molar-refractivity contribution in [1.82, 2.24) is 0 Å². The monoisotopic (exact) mass is 513 g/mol. The Balaban J connectivity index is 0.00000118. The van der Waals surface area contributed by atoms with E-state index in [4.69, 9.17) is 5.11 Å². The van der Waals surface area contributed by atoms with E-state index < -0.39 is 7.81 Å². The van der Waals surface area contributed by atoms with E-state index in [9.17, 15) is 25.2 Å². The zero-order chi connectivity index (χ0) is 24.6. The number of nitrogens with zero attached hydrogens (tertiary/aromatic N) is 1. The van der Waals surface area contributed by atoms with Gasteiger partial charge in [0, 0.05) is 26.4 Å². The molecular weight excluding hydrogens is 471 g/mol. The van der Waals surface area contributed by atoms with Gasteiger partial charge in [0.1, 0.15) is 6.54 Å². The summed E-state index contributed by atoms with van der Waals surface area (Å²) >= 11 is 1.79. The van der Waals surface area contributed by atoms with Crippen molar-refractivity contribution in [2.24, 2.45) is 0 Å². The van der Waals surface area contributed by atoms with E-state index in [-0.39, 0.29) is 6.61 Å². The number of hydrogen-bond donors (Lipinski definition) is 1. The van der Waals surface area contributed by atoms with Crippen molar-refractivity contribution in [2.75, 3.05) is 6.61 Å². The van der Waals surface area contributed by atoms with Crippen molar-refractivity contribution >= 4 is 19.1 Å². The molecule has 0 bridgehead atoms. The molecule has 0 amide bonds. The van der Waals surface area contributed by atoms with Gasteiger partial charge in [-0.1, -0.05) is 95.3 Å². The first-order valence-electron chi connectivity index (χ1n) is 11.9. The van der Waals surface area contributed by atoms with E-state index >= 15 is 0 Å². The van der Waals surface area contributed by atoms with E-state index in [1.807, 2.05) is 0 Å². The number of aliphatic hydroxyl groups excluding tert-OH is 1. The molecule has 0 spiro atoms. The van der Waals surface area contributed by atoms with Gasteiger partial charge in [0.25, 0.3) is 0 Å². The summed E-state index contributed by atoms with van der Waals surface area (Å²) in [7, 11) is -10.7. The van der Waals surface area contributed by atoms with Crippen LogP contribution in [0.2, 0.25) is 0 Å². The van der Waals surface area contributed by atoms with Crippen LogP contribution in [0.15, 0.2) is 5.51 Å². The summed E-state index contributed by atoms with van der Waals surface area (Å²) < 4.78 is 61.6. The van der Waals surface area contributed by atoms with E-state index in [1.54, 1.807) is 11.3 Å². The molecule has 0 aliphatic carbocycles. The fourth-order valence-corrected chi connectivity index (χ4v) is 4.51. The average molecular weight is 514 g/mol. The third-order valence-electron chi connectivity index (χ3n) is 5.25. The first kappa shape index (κ1) is 31.6. The van der Waals surface area contributed by atoms with E-state index in [1.165, 1.54) is 100 Å². The number of thiazole rings is 1. The molecule has 0 aliphatic rings. The summed E-state index contributed by atoms with van der Waals surface area (Å²) in [5, 5.41) is 9.06. The van der Waals surface area contributed by atoms with Crippen LogP contribution < -0.4 is 4.57 Å². The van der Waals surface area contributed by atoms with Gasteiger partial charge in [0.05, 0.1) is 4.88 Å². The van der Waals surface area contributed by atoms with Gasteiger partial charge in [-0.15, -0.1) is 0 Å². The van der Waals surface area contributed by atoms with Crippen LogP contribution >= 0.6 is 19.1 Å². The Labute approximate surface area is 193 Å². The standard InChI is InChI=1S/C22H42NOS.F6P/c1-3-4-5-6-7-8-9-10-11-12-13-14-15-16-18-23-20-25-22(17-19-24)21(23)2;1-7(2,3,4,5)6/h20,24H,3-19H2,1-2H3;/q+1;-1. The molecule has 1 heterocycles. The zero-order valence-corrected chi connectivity index (χ0v) is 21.3. The Morgan fingerprint density at radius 2 is 1.12 bits per heavy atom. The van der Waals surface area contributed by atoms with E-state index in [2.05, 4.69) is 23.9 Å². The topological polar surface area (TPSA) is 24.1 Å². The van der Waals surface area contributed by atoms with Gasteiger partial charge in [0.2, 0.25) is 5.51 Å². The number of rotatable bonds is 17. The molecule has 0 radical (unpaired) electrons. The van der Waals surface area contributed by atoms with E-state index in [0.29, 0.717) is 0 Å². The normalized spacial score (nSPS) is 13.9. The Bertz CT molecular complexity index is 595. The van der Waals surface area contributed by atoms with Gasteiger partial charge >= 0.3 is 33.0 Å². The number of hydrogen-bond acceptors (Lipinski definition) is 2. The van der Waals surface area contributed by atoms with Crippen LogP contribution in [0.3, 0.4) is 0 Å². The molecule has 0 unspecified atom stereocenters. The third-order valence-corrected chi connectivity index (χ3v) is 6.39. The number of aromatic nitrogens is 1. The quantitative estimate of drug-likeness (QED) is 0.0953. The summed E-state index contributed by atoms with van der Waals surface area (Å²) in [6.07, 6.45) is 20.6. The molecule has 1 aromatic heterocycles. The van der Waals surface area contributed by atoms with Crippen molar-refractivity contribution < 1.29 is 34.9 Å². The number of halogens is 6. The third kappa shape index (κ3) is 24.2. The van der Waals surface area contributed by atoms with Gasteiger partial charge in [-0.2, -0.15) is 4.57 Å². The predicted octanol–water partition coefficient (Wildman–Crippen LogP) is 9.74. The summed E-state index contributed by atoms with van der Waals surface area (Å²) in [4.78, 5) is 1.34. The van der Waals surface area contributed by atoms with Gasteiger partial charge < -0.3 is 5.11 Å². The molecule has 1 N–H and O–H groups in total. The Kier molecular flexibility index (Phi) is 14.6. The zero-order valence-electron chi connectivity index (χ0n) is 19.6. The summed E-state index contributed by atoms with van der Waals surface area (Å²) in [6, 6.07) is 0. The molecule has 0 aromatic carbocycles. The SMILES string of the molecule is CCCCCCCCCCCCCCCC[n+]1csc(CCO)c1C.F[P-](F)(F)(F)(F)F. The van der Waals surface area contributed by atoms with Crippen molar-refractivity contribution in [2.45, 2.75) is 117 Å². The molecule has 32 heavy (non-hydrogen) atoms. The van der Waals surface area contributed by atoms with Crippen LogP contribution in [0.4, 0.5) is 25.2 Å². The fourth-order valence-electron chi connectivity index (χ4n) is 3.49. The van der Waals surface area contributed by atoms with Crippen LogP contribution in [0, 0.1) is 6.92 Å². The number of aliphatic hydroxyl groups is 1. The second-order valence-electron chi connectivity index (χ2n) is 8.45. The van der Waals surface area contributed by atoms with Crippen LogP contribution in [-0.4, -0.2) is 11.7 Å².